The van der Waals surface area contributed by atoms with Crippen molar-refractivity contribution < 1.29 is 14.7 Å². The van der Waals surface area contributed by atoms with Crippen molar-refractivity contribution in [1.29, 1.82) is 0 Å². The maximum atomic E-state index is 11.6. The van der Waals surface area contributed by atoms with Gasteiger partial charge in [0.25, 0.3) is 5.91 Å². The van der Waals surface area contributed by atoms with Crippen LogP contribution in [0.25, 0.3) is 0 Å². The lowest BCUT2D eigenvalue weighted by atomic mass is 10.2. The molecule has 0 saturated carbocycles. The summed E-state index contributed by atoms with van der Waals surface area (Å²) >= 11 is 5.74. The molecule has 0 aliphatic carbocycles. The first-order valence-corrected chi connectivity index (χ1v) is 5.26. The Balaban J connectivity index is 2.44. The predicted octanol–water partition coefficient (Wildman–Crippen LogP) is 2.15. The van der Waals surface area contributed by atoms with Crippen molar-refractivity contribution >= 4 is 34.9 Å². The third-order valence-electron chi connectivity index (χ3n) is 2.34. The van der Waals surface area contributed by atoms with Crippen molar-refractivity contribution in [3.63, 3.8) is 0 Å². The monoisotopic (exact) mass is 252 g/mol. The molecular weight excluding hydrogens is 244 g/mol. The molecule has 1 aliphatic rings. The van der Waals surface area contributed by atoms with Crippen LogP contribution in [-0.2, 0) is 4.79 Å². The minimum atomic E-state index is -1.14. The summed E-state index contributed by atoms with van der Waals surface area (Å²) in [4.78, 5) is 22.5. The summed E-state index contributed by atoms with van der Waals surface area (Å²) in [7, 11) is 0. The molecule has 1 N–H and O–H groups in total. The van der Waals surface area contributed by atoms with E-state index in [0.717, 1.165) is 0 Å². The zero-order chi connectivity index (χ0) is 12.6. The van der Waals surface area contributed by atoms with Crippen LogP contribution < -0.4 is 5.01 Å². The van der Waals surface area contributed by atoms with Crippen LogP contribution in [0, 0.1) is 0 Å². The largest absolute Gasteiger partial charge is 0.478 e. The minimum absolute atomic E-state index is 0.0447. The number of hydrogen-bond donors (Lipinski definition) is 1. The average Bonchev–Trinajstić information content (AvgIpc) is 2.58. The van der Waals surface area contributed by atoms with Crippen LogP contribution in [-0.4, -0.2) is 22.7 Å². The lowest BCUT2D eigenvalue weighted by Gasteiger charge is -2.12. The summed E-state index contributed by atoms with van der Waals surface area (Å²) in [5, 5.41) is 14.3. The maximum absolute atomic E-state index is 11.6. The number of nitrogens with zero attached hydrogens (tertiary/aromatic N) is 2. The van der Waals surface area contributed by atoms with Crippen LogP contribution in [0.5, 0.6) is 0 Å². The van der Waals surface area contributed by atoms with Crippen molar-refractivity contribution in [2.45, 2.75) is 13.3 Å². The van der Waals surface area contributed by atoms with Crippen LogP contribution in [0.1, 0.15) is 23.7 Å². The highest BCUT2D eigenvalue weighted by Gasteiger charge is 2.23. The topological polar surface area (TPSA) is 70.0 Å². The zero-order valence-corrected chi connectivity index (χ0v) is 9.73. The SMILES string of the molecule is CC1=NN(c2ccc(Cl)c(C(=O)O)c2)C(=O)C1. The molecule has 17 heavy (non-hydrogen) atoms. The summed E-state index contributed by atoms with van der Waals surface area (Å²) in [5.74, 6) is -1.31. The molecule has 5 nitrogen and oxygen atoms in total. The fourth-order valence-electron chi connectivity index (χ4n) is 1.57. The van der Waals surface area contributed by atoms with Crippen LogP contribution in [0.15, 0.2) is 23.3 Å². The third-order valence-corrected chi connectivity index (χ3v) is 2.67. The number of carbonyl (C=O) groups is 2. The number of rotatable bonds is 2. The molecular formula is C11H9ClN2O3. The molecule has 88 valence electrons. The van der Waals surface area contributed by atoms with E-state index in [0.29, 0.717) is 11.4 Å². The van der Waals surface area contributed by atoms with Crippen molar-refractivity contribution in [3.05, 3.63) is 28.8 Å². The molecule has 0 spiro atoms. The Morgan fingerprint density at radius 2 is 2.24 bits per heavy atom. The minimum Gasteiger partial charge on any atom is -0.478 e. The van der Waals surface area contributed by atoms with Gasteiger partial charge in [-0.15, -0.1) is 0 Å². The van der Waals surface area contributed by atoms with Crippen molar-refractivity contribution in [1.82, 2.24) is 0 Å². The first kappa shape index (κ1) is 11.6. The quantitative estimate of drug-likeness (QED) is 0.877. The van der Waals surface area contributed by atoms with Crippen molar-refractivity contribution in [2.24, 2.45) is 5.10 Å². The molecule has 0 aromatic heterocycles. The highest BCUT2D eigenvalue weighted by atomic mass is 35.5. The molecule has 2 rings (SSSR count). The number of hydrogen-bond acceptors (Lipinski definition) is 3. The number of amides is 1. The molecule has 0 saturated heterocycles. The van der Waals surface area contributed by atoms with Gasteiger partial charge in [0.05, 0.1) is 22.7 Å². The van der Waals surface area contributed by atoms with E-state index in [1.165, 1.54) is 17.1 Å². The number of anilines is 1. The first-order valence-electron chi connectivity index (χ1n) is 4.89. The Hall–Kier alpha value is -1.88. The second kappa shape index (κ2) is 4.18. The molecule has 6 heteroatoms. The summed E-state index contributed by atoms with van der Waals surface area (Å²) in [6.45, 7) is 1.74. The molecule has 0 atom stereocenters. The second-order valence-electron chi connectivity index (χ2n) is 3.69. The fraction of sp³-hybridized carbons (Fsp3) is 0.182. The van der Waals surface area contributed by atoms with Gasteiger partial charge < -0.3 is 5.11 Å². The van der Waals surface area contributed by atoms with Crippen molar-refractivity contribution in [2.75, 3.05) is 5.01 Å². The van der Waals surface area contributed by atoms with E-state index in [1.54, 1.807) is 13.0 Å². The fourth-order valence-corrected chi connectivity index (χ4v) is 1.76. The summed E-state index contributed by atoms with van der Waals surface area (Å²) in [5.41, 5.74) is 1.06. The van der Waals surface area contributed by atoms with E-state index in [2.05, 4.69) is 5.10 Å². The lowest BCUT2D eigenvalue weighted by Crippen LogP contribution is -2.19. The molecule has 0 radical (unpaired) electrons. The highest BCUT2D eigenvalue weighted by Crippen LogP contribution is 2.26. The summed E-state index contributed by atoms with van der Waals surface area (Å²) in [6.07, 6.45) is 0.255. The number of carbonyl (C=O) groups excluding carboxylic acids is 1. The number of hydrazone groups is 1. The number of carboxylic acids is 1. The molecule has 1 amide bonds. The van der Waals surface area contributed by atoms with Gasteiger partial charge in [0.15, 0.2) is 0 Å². The predicted molar refractivity (Wildman–Crippen MR) is 63.6 cm³/mol. The molecule has 1 heterocycles. The zero-order valence-electron chi connectivity index (χ0n) is 8.98. The second-order valence-corrected chi connectivity index (χ2v) is 4.09. The van der Waals surface area contributed by atoms with Gasteiger partial charge in [-0.2, -0.15) is 5.10 Å². The standard InChI is InChI=1S/C11H9ClN2O3/c1-6-4-10(15)14(13-6)7-2-3-9(12)8(5-7)11(16)17/h2-3,5H,4H2,1H3,(H,16,17). The number of halogens is 1. The smallest absolute Gasteiger partial charge is 0.337 e. The Kier molecular flexibility index (Phi) is 2.85. The van der Waals surface area contributed by atoms with E-state index in [-0.39, 0.29) is 22.9 Å². The number of carboxylic acid groups (broad SMARTS) is 1. The van der Waals surface area contributed by atoms with Crippen LogP contribution in [0.2, 0.25) is 5.02 Å². The molecule has 0 fully saturated rings. The Labute approximate surface area is 102 Å². The highest BCUT2D eigenvalue weighted by molar-refractivity contribution is 6.33. The van der Waals surface area contributed by atoms with Crippen LogP contribution in [0.4, 0.5) is 5.69 Å². The molecule has 0 bridgehead atoms. The van der Waals surface area contributed by atoms with E-state index >= 15 is 0 Å². The third kappa shape index (κ3) is 2.14. The Morgan fingerprint density at radius 3 is 2.76 bits per heavy atom. The number of benzene rings is 1. The Morgan fingerprint density at radius 1 is 1.53 bits per heavy atom. The molecule has 0 unspecified atom stereocenters. The van der Waals surface area contributed by atoms with Gasteiger partial charge in [-0.25, -0.2) is 9.80 Å². The van der Waals surface area contributed by atoms with Gasteiger partial charge in [0.2, 0.25) is 0 Å². The molecule has 1 aromatic rings. The Bertz CT molecular complexity index is 540. The lowest BCUT2D eigenvalue weighted by molar-refractivity contribution is -0.116. The van der Waals surface area contributed by atoms with E-state index in [4.69, 9.17) is 16.7 Å². The normalized spacial score (nSPS) is 15.1. The summed E-state index contributed by atoms with van der Waals surface area (Å²) in [6, 6.07) is 4.34. The number of aromatic carboxylic acids is 1. The molecule has 1 aromatic carbocycles. The van der Waals surface area contributed by atoms with Gasteiger partial charge in [-0.05, 0) is 25.1 Å². The van der Waals surface area contributed by atoms with E-state index in [9.17, 15) is 9.59 Å². The van der Waals surface area contributed by atoms with Crippen molar-refractivity contribution in [3.8, 4) is 0 Å². The van der Waals surface area contributed by atoms with E-state index in [1.807, 2.05) is 0 Å². The van der Waals surface area contributed by atoms with Gasteiger partial charge in [-0.3, -0.25) is 4.79 Å². The van der Waals surface area contributed by atoms with Gasteiger partial charge in [-0.1, -0.05) is 11.6 Å². The van der Waals surface area contributed by atoms with E-state index < -0.39 is 5.97 Å². The van der Waals surface area contributed by atoms with Gasteiger partial charge in [0.1, 0.15) is 0 Å². The molecule has 1 aliphatic heterocycles. The maximum Gasteiger partial charge on any atom is 0.337 e. The summed E-state index contributed by atoms with van der Waals surface area (Å²) < 4.78 is 0. The van der Waals surface area contributed by atoms with Gasteiger partial charge in [0, 0.05) is 5.71 Å². The van der Waals surface area contributed by atoms with Gasteiger partial charge >= 0.3 is 5.97 Å². The van der Waals surface area contributed by atoms with Crippen LogP contribution >= 0.6 is 11.6 Å². The van der Waals surface area contributed by atoms with Crippen LogP contribution in [0.3, 0.4) is 0 Å². The average molecular weight is 253 g/mol. The first-order chi connectivity index (χ1) is 7.99.